The van der Waals surface area contributed by atoms with Gasteiger partial charge in [0, 0.05) is 23.7 Å². The smallest absolute Gasteiger partial charge is 0.166 e. The monoisotopic (exact) mass is 324 g/mol. The van der Waals surface area contributed by atoms with Crippen LogP contribution in [0.15, 0.2) is 42.6 Å². The van der Waals surface area contributed by atoms with Crippen LogP contribution in [0, 0.1) is 13.8 Å². The molecule has 0 unspecified atom stereocenters. The van der Waals surface area contributed by atoms with Crippen molar-refractivity contribution in [3.05, 3.63) is 53.7 Å². The minimum atomic E-state index is 0.634. The molecule has 1 N–H and O–H groups in total. The fourth-order valence-electron chi connectivity index (χ4n) is 2.49. The Kier molecular flexibility index (Phi) is 4.42. The quantitative estimate of drug-likeness (QED) is 0.710. The number of aryl methyl sites for hydroxylation is 2. The van der Waals surface area contributed by atoms with Crippen molar-refractivity contribution >= 4 is 16.6 Å². The number of benzene rings is 2. The molecule has 5 heteroatoms. The van der Waals surface area contributed by atoms with E-state index in [2.05, 4.69) is 22.6 Å². The Balaban J connectivity index is 1.96. The Labute approximate surface area is 141 Å². The molecule has 5 nitrogen and oxygen atoms in total. The summed E-state index contributed by atoms with van der Waals surface area (Å²) in [4.78, 5) is 10.2. The van der Waals surface area contributed by atoms with Crippen LogP contribution in [-0.2, 0) is 0 Å². The first kappa shape index (κ1) is 15.9. The van der Waals surface area contributed by atoms with Crippen LogP contribution in [0.3, 0.4) is 0 Å². The van der Waals surface area contributed by atoms with E-state index in [9.17, 15) is 0 Å². The molecule has 0 aliphatic carbocycles. The van der Waals surface area contributed by atoms with Gasteiger partial charge in [0.15, 0.2) is 17.2 Å². The van der Waals surface area contributed by atoms with Gasteiger partial charge < -0.3 is 14.3 Å². The Morgan fingerprint density at radius 1 is 0.875 bits per heavy atom. The molecular formula is C19H20N2O3. The Morgan fingerprint density at radius 3 is 2.38 bits per heavy atom. The highest BCUT2D eigenvalue weighted by Crippen LogP contribution is 2.35. The van der Waals surface area contributed by atoms with Gasteiger partial charge in [0.2, 0.25) is 0 Å². The van der Waals surface area contributed by atoms with Gasteiger partial charge in [-0.15, -0.1) is 0 Å². The number of nitrogens with one attached hydrogen (secondary N) is 1. The lowest BCUT2D eigenvalue weighted by Crippen LogP contribution is -2.07. The maximum atomic E-state index is 5.83. The van der Waals surface area contributed by atoms with Crippen molar-refractivity contribution in [2.24, 2.45) is 0 Å². The summed E-state index contributed by atoms with van der Waals surface area (Å²) in [5, 5.41) is 0.841. The molecule has 0 amide bonds. The lowest BCUT2D eigenvalue weighted by atomic mass is 10.1. The van der Waals surface area contributed by atoms with Crippen molar-refractivity contribution in [1.29, 1.82) is 0 Å². The summed E-state index contributed by atoms with van der Waals surface area (Å²) >= 11 is 0. The number of anilines is 1. The second kappa shape index (κ2) is 6.66. The summed E-state index contributed by atoms with van der Waals surface area (Å²) in [7, 11) is 3.21. The summed E-state index contributed by atoms with van der Waals surface area (Å²) in [6.07, 6.45) is 1.70. The van der Waals surface area contributed by atoms with Crippen LogP contribution >= 0.6 is 0 Å². The van der Waals surface area contributed by atoms with E-state index in [0.717, 1.165) is 27.7 Å². The fraction of sp³-hybridized carbons (Fsp3) is 0.211. The number of nitrogens with zero attached hydrogens (tertiary/aromatic N) is 1. The summed E-state index contributed by atoms with van der Waals surface area (Å²) < 4.78 is 10.7. The standard InChI is InChI=1S/C19H20N2O3/c1-12-5-6-13(2)15(9-12)21-24-17-7-8-20-16-11-19(23-4)18(22-3)10-14(16)17/h5-11,21H,1-4H3. The van der Waals surface area contributed by atoms with Crippen molar-refractivity contribution in [2.45, 2.75) is 13.8 Å². The fourth-order valence-corrected chi connectivity index (χ4v) is 2.49. The SMILES string of the molecule is COc1cc2nccc(ONc3cc(C)ccc3C)c2cc1OC. The van der Waals surface area contributed by atoms with Gasteiger partial charge in [0.25, 0.3) is 0 Å². The highest BCUT2D eigenvalue weighted by Gasteiger charge is 2.11. The summed E-state index contributed by atoms with van der Waals surface area (Å²) in [5.41, 5.74) is 7.00. The Hall–Kier alpha value is -2.95. The van der Waals surface area contributed by atoms with Crippen LogP contribution < -0.4 is 19.8 Å². The third-order valence-corrected chi connectivity index (χ3v) is 3.87. The summed E-state index contributed by atoms with van der Waals surface area (Å²) in [6.45, 7) is 4.08. The zero-order valence-electron chi connectivity index (χ0n) is 14.2. The van der Waals surface area contributed by atoms with Crippen LogP contribution in [-0.4, -0.2) is 19.2 Å². The number of methoxy groups -OCH3 is 2. The van der Waals surface area contributed by atoms with Crippen LogP contribution in [0.4, 0.5) is 5.69 Å². The minimum Gasteiger partial charge on any atom is -0.493 e. The van der Waals surface area contributed by atoms with Crippen molar-refractivity contribution in [3.8, 4) is 17.2 Å². The Bertz CT molecular complexity index is 878. The molecule has 0 saturated heterocycles. The molecular weight excluding hydrogens is 304 g/mol. The zero-order valence-corrected chi connectivity index (χ0v) is 14.2. The first-order valence-corrected chi connectivity index (χ1v) is 7.63. The molecule has 3 aromatic rings. The van der Waals surface area contributed by atoms with E-state index >= 15 is 0 Å². The van der Waals surface area contributed by atoms with Crippen LogP contribution in [0.2, 0.25) is 0 Å². The maximum Gasteiger partial charge on any atom is 0.166 e. The minimum absolute atomic E-state index is 0.634. The highest BCUT2D eigenvalue weighted by atomic mass is 16.6. The molecule has 0 saturated carbocycles. The lowest BCUT2D eigenvalue weighted by molar-refractivity contribution is 0.355. The van der Waals surface area contributed by atoms with Crippen LogP contribution in [0.5, 0.6) is 17.2 Å². The number of hydrogen-bond acceptors (Lipinski definition) is 5. The first-order valence-electron chi connectivity index (χ1n) is 7.63. The molecule has 1 heterocycles. The second-order valence-corrected chi connectivity index (χ2v) is 5.56. The van der Waals surface area contributed by atoms with Gasteiger partial charge >= 0.3 is 0 Å². The van der Waals surface area contributed by atoms with Crippen molar-refractivity contribution in [1.82, 2.24) is 4.98 Å². The average molecular weight is 324 g/mol. The van der Waals surface area contributed by atoms with Crippen LogP contribution in [0.25, 0.3) is 10.9 Å². The molecule has 0 spiro atoms. The highest BCUT2D eigenvalue weighted by molar-refractivity contribution is 5.88. The topological polar surface area (TPSA) is 52.6 Å². The van der Waals surface area contributed by atoms with Gasteiger partial charge in [-0.1, -0.05) is 12.1 Å². The molecule has 3 rings (SSSR count). The van der Waals surface area contributed by atoms with Gasteiger partial charge in [-0.2, -0.15) is 0 Å². The summed E-state index contributed by atoms with van der Waals surface area (Å²) in [5.74, 6) is 1.94. The molecule has 0 fully saturated rings. The predicted molar refractivity (Wildman–Crippen MR) is 95.0 cm³/mol. The Morgan fingerprint density at radius 2 is 1.62 bits per heavy atom. The van der Waals surface area contributed by atoms with E-state index in [1.165, 1.54) is 0 Å². The van der Waals surface area contributed by atoms with E-state index in [0.29, 0.717) is 17.2 Å². The van der Waals surface area contributed by atoms with Gasteiger partial charge in [0.1, 0.15) is 0 Å². The normalized spacial score (nSPS) is 10.5. The maximum absolute atomic E-state index is 5.83. The number of aromatic nitrogens is 1. The van der Waals surface area contributed by atoms with Crippen molar-refractivity contribution < 1.29 is 14.3 Å². The zero-order chi connectivity index (χ0) is 17.1. The second-order valence-electron chi connectivity index (χ2n) is 5.56. The molecule has 0 bridgehead atoms. The van der Waals surface area contributed by atoms with E-state index < -0.39 is 0 Å². The number of pyridine rings is 1. The van der Waals surface area contributed by atoms with Gasteiger partial charge in [-0.05, 0) is 37.1 Å². The van der Waals surface area contributed by atoms with Gasteiger partial charge in [-0.3, -0.25) is 4.98 Å². The molecule has 1 aromatic heterocycles. The lowest BCUT2D eigenvalue weighted by Gasteiger charge is -2.14. The molecule has 0 atom stereocenters. The first-order chi connectivity index (χ1) is 11.6. The van der Waals surface area contributed by atoms with E-state index in [-0.39, 0.29) is 0 Å². The number of hydrogen-bond donors (Lipinski definition) is 1. The van der Waals surface area contributed by atoms with Crippen LogP contribution in [0.1, 0.15) is 11.1 Å². The number of rotatable bonds is 5. The van der Waals surface area contributed by atoms with Gasteiger partial charge in [-0.25, -0.2) is 5.48 Å². The summed E-state index contributed by atoms with van der Waals surface area (Å²) in [6, 6.07) is 11.7. The third-order valence-electron chi connectivity index (χ3n) is 3.87. The van der Waals surface area contributed by atoms with Crippen molar-refractivity contribution in [3.63, 3.8) is 0 Å². The van der Waals surface area contributed by atoms with E-state index in [1.807, 2.05) is 38.1 Å². The molecule has 2 aromatic carbocycles. The van der Waals surface area contributed by atoms with E-state index in [1.54, 1.807) is 20.4 Å². The molecule has 124 valence electrons. The van der Waals surface area contributed by atoms with E-state index in [4.69, 9.17) is 14.3 Å². The average Bonchev–Trinajstić information content (AvgIpc) is 2.61. The third kappa shape index (κ3) is 3.06. The van der Waals surface area contributed by atoms with Crippen molar-refractivity contribution in [2.75, 3.05) is 19.7 Å². The molecule has 0 aliphatic rings. The predicted octanol–water partition coefficient (Wildman–Crippen LogP) is 4.27. The largest absolute Gasteiger partial charge is 0.493 e. The molecule has 24 heavy (non-hydrogen) atoms. The number of ether oxygens (including phenoxy) is 2. The van der Waals surface area contributed by atoms with Gasteiger partial charge in [0.05, 0.1) is 25.4 Å². The molecule has 0 radical (unpaired) electrons. The number of fused-ring (bicyclic) bond motifs is 1. The molecule has 0 aliphatic heterocycles.